The first-order valence-corrected chi connectivity index (χ1v) is 10.7. The topological polar surface area (TPSA) is 40.6 Å². The van der Waals surface area contributed by atoms with Crippen molar-refractivity contribution in [2.75, 3.05) is 38.5 Å². The first-order valence-electron chi connectivity index (χ1n) is 9.09. The van der Waals surface area contributed by atoms with Crippen LogP contribution in [0.25, 0.3) is 6.08 Å². The van der Waals surface area contributed by atoms with Gasteiger partial charge in [-0.25, -0.2) is 8.42 Å². The van der Waals surface area contributed by atoms with Gasteiger partial charge in [-0.2, -0.15) is 4.31 Å². The van der Waals surface area contributed by atoms with Gasteiger partial charge in [-0.1, -0.05) is 72.8 Å². The zero-order chi connectivity index (χ0) is 18.2. The van der Waals surface area contributed by atoms with Gasteiger partial charge < -0.3 is 0 Å². The number of hydrogen-bond acceptors (Lipinski definition) is 3. The van der Waals surface area contributed by atoms with Gasteiger partial charge in [0.05, 0.1) is 5.75 Å². The van der Waals surface area contributed by atoms with Crippen molar-refractivity contribution in [1.82, 2.24) is 9.21 Å². The molecule has 2 aromatic carbocycles. The highest BCUT2D eigenvalue weighted by molar-refractivity contribution is 7.89. The van der Waals surface area contributed by atoms with Crippen molar-refractivity contribution in [3.63, 3.8) is 0 Å². The summed E-state index contributed by atoms with van der Waals surface area (Å²) in [4.78, 5) is 2.29. The fourth-order valence-corrected chi connectivity index (χ4v) is 4.58. The molecule has 0 atom stereocenters. The van der Waals surface area contributed by atoms with Gasteiger partial charge in [0.15, 0.2) is 0 Å². The molecular weight excluding hydrogens is 344 g/mol. The maximum absolute atomic E-state index is 12.6. The van der Waals surface area contributed by atoms with Crippen LogP contribution >= 0.6 is 0 Å². The Hall–Kier alpha value is -1.95. The molecule has 1 saturated heterocycles. The predicted octanol–water partition coefficient (Wildman–Crippen LogP) is 2.89. The van der Waals surface area contributed by atoms with Crippen LogP contribution in [-0.2, 0) is 16.4 Å². The summed E-state index contributed by atoms with van der Waals surface area (Å²) in [5.41, 5.74) is 2.26. The van der Waals surface area contributed by atoms with E-state index in [1.807, 2.05) is 48.5 Å². The Morgan fingerprint density at radius 3 is 2.12 bits per heavy atom. The van der Waals surface area contributed by atoms with Crippen molar-refractivity contribution < 1.29 is 8.42 Å². The summed E-state index contributed by atoms with van der Waals surface area (Å²) in [6.07, 6.45) is 4.83. The molecule has 138 valence electrons. The first kappa shape index (κ1) is 18.8. The van der Waals surface area contributed by atoms with Crippen molar-refractivity contribution in [2.45, 2.75) is 6.42 Å². The zero-order valence-electron chi connectivity index (χ0n) is 15.0. The number of aryl methyl sites for hydroxylation is 1. The number of benzene rings is 2. The standard InChI is InChI=1S/C21H26N2O2S/c24-26(25,19-13-21-10-5-2-6-11-21)23-17-15-22(16-18-23)14-7-12-20-8-3-1-4-9-20/h1-12H,13-19H2/b12-7+. The summed E-state index contributed by atoms with van der Waals surface area (Å²) >= 11 is 0. The van der Waals surface area contributed by atoms with E-state index < -0.39 is 10.0 Å². The van der Waals surface area contributed by atoms with E-state index in [0.717, 1.165) is 25.2 Å². The molecule has 0 aromatic heterocycles. The van der Waals surface area contributed by atoms with Gasteiger partial charge >= 0.3 is 0 Å². The van der Waals surface area contributed by atoms with E-state index in [0.29, 0.717) is 19.5 Å². The van der Waals surface area contributed by atoms with E-state index in [1.54, 1.807) is 4.31 Å². The Bertz CT molecular complexity index is 796. The molecule has 0 spiro atoms. The summed E-state index contributed by atoms with van der Waals surface area (Å²) in [7, 11) is -3.18. The van der Waals surface area contributed by atoms with E-state index in [1.165, 1.54) is 5.56 Å². The van der Waals surface area contributed by atoms with E-state index in [9.17, 15) is 8.42 Å². The van der Waals surface area contributed by atoms with Gasteiger partial charge in [0.25, 0.3) is 0 Å². The number of rotatable bonds is 7. The van der Waals surface area contributed by atoms with E-state index in [2.05, 4.69) is 29.2 Å². The van der Waals surface area contributed by atoms with Crippen LogP contribution in [0, 0.1) is 0 Å². The van der Waals surface area contributed by atoms with Crippen LogP contribution in [0.4, 0.5) is 0 Å². The third-order valence-electron chi connectivity index (χ3n) is 4.69. The molecule has 0 N–H and O–H groups in total. The Balaban J connectivity index is 1.44. The minimum absolute atomic E-state index is 0.185. The van der Waals surface area contributed by atoms with Gasteiger partial charge in [0.1, 0.15) is 0 Å². The SMILES string of the molecule is O=S(=O)(CCc1ccccc1)N1CCN(C/C=C/c2ccccc2)CC1. The smallest absolute Gasteiger partial charge is 0.214 e. The number of hydrogen-bond donors (Lipinski definition) is 0. The lowest BCUT2D eigenvalue weighted by Gasteiger charge is -2.33. The molecule has 2 aromatic rings. The highest BCUT2D eigenvalue weighted by atomic mass is 32.2. The Kier molecular flexibility index (Phi) is 6.61. The molecule has 0 unspecified atom stereocenters. The average Bonchev–Trinajstić information content (AvgIpc) is 2.69. The molecule has 26 heavy (non-hydrogen) atoms. The zero-order valence-corrected chi connectivity index (χ0v) is 15.8. The highest BCUT2D eigenvalue weighted by Gasteiger charge is 2.26. The minimum atomic E-state index is -3.18. The van der Waals surface area contributed by atoms with Crippen LogP contribution < -0.4 is 0 Å². The largest absolute Gasteiger partial charge is 0.297 e. The van der Waals surface area contributed by atoms with Crippen LogP contribution in [0.15, 0.2) is 66.7 Å². The Labute approximate surface area is 156 Å². The molecule has 1 fully saturated rings. The molecule has 0 radical (unpaired) electrons. The maximum Gasteiger partial charge on any atom is 0.214 e. The number of nitrogens with zero attached hydrogens (tertiary/aromatic N) is 2. The van der Waals surface area contributed by atoms with Crippen molar-refractivity contribution in [3.05, 3.63) is 77.9 Å². The summed E-state index contributed by atoms with van der Waals surface area (Å²) in [6.45, 7) is 3.58. The fourth-order valence-electron chi connectivity index (χ4n) is 3.11. The Morgan fingerprint density at radius 2 is 1.46 bits per heavy atom. The van der Waals surface area contributed by atoms with Crippen molar-refractivity contribution >= 4 is 16.1 Å². The Morgan fingerprint density at radius 1 is 0.846 bits per heavy atom. The molecular formula is C21H26N2O2S. The number of piperazine rings is 1. The quantitative estimate of drug-likeness (QED) is 0.752. The van der Waals surface area contributed by atoms with Crippen molar-refractivity contribution in [2.24, 2.45) is 0 Å². The van der Waals surface area contributed by atoms with Gasteiger partial charge in [-0.15, -0.1) is 0 Å². The monoisotopic (exact) mass is 370 g/mol. The van der Waals surface area contributed by atoms with Crippen LogP contribution in [0.2, 0.25) is 0 Å². The molecule has 5 heteroatoms. The first-order chi connectivity index (χ1) is 12.6. The molecule has 4 nitrogen and oxygen atoms in total. The van der Waals surface area contributed by atoms with Gasteiger partial charge in [-0.3, -0.25) is 4.90 Å². The molecule has 1 aliphatic heterocycles. The molecule has 1 aliphatic rings. The van der Waals surface area contributed by atoms with Crippen molar-refractivity contribution in [3.8, 4) is 0 Å². The van der Waals surface area contributed by atoms with Crippen LogP contribution in [0.5, 0.6) is 0 Å². The third kappa shape index (κ3) is 5.53. The average molecular weight is 371 g/mol. The maximum atomic E-state index is 12.6. The minimum Gasteiger partial charge on any atom is -0.297 e. The summed E-state index contributed by atoms with van der Waals surface area (Å²) in [5.74, 6) is 0.185. The third-order valence-corrected chi connectivity index (χ3v) is 6.56. The van der Waals surface area contributed by atoms with E-state index >= 15 is 0 Å². The summed E-state index contributed by atoms with van der Waals surface area (Å²) in [6, 6.07) is 20.0. The summed E-state index contributed by atoms with van der Waals surface area (Å²) in [5, 5.41) is 0. The van der Waals surface area contributed by atoms with Crippen LogP contribution in [0.3, 0.4) is 0 Å². The molecule has 1 heterocycles. The lowest BCUT2D eigenvalue weighted by molar-refractivity contribution is 0.204. The lowest BCUT2D eigenvalue weighted by atomic mass is 10.2. The van der Waals surface area contributed by atoms with Gasteiger partial charge in [0.2, 0.25) is 10.0 Å². The van der Waals surface area contributed by atoms with Crippen LogP contribution in [0.1, 0.15) is 11.1 Å². The highest BCUT2D eigenvalue weighted by Crippen LogP contribution is 2.11. The summed E-state index contributed by atoms with van der Waals surface area (Å²) < 4.78 is 26.8. The van der Waals surface area contributed by atoms with Crippen LogP contribution in [-0.4, -0.2) is 56.1 Å². The molecule has 0 bridgehead atoms. The van der Waals surface area contributed by atoms with E-state index in [-0.39, 0.29) is 5.75 Å². The van der Waals surface area contributed by atoms with E-state index in [4.69, 9.17) is 0 Å². The second-order valence-electron chi connectivity index (χ2n) is 6.56. The lowest BCUT2D eigenvalue weighted by Crippen LogP contribution is -2.49. The normalized spacial score (nSPS) is 16.9. The molecule has 0 saturated carbocycles. The second-order valence-corrected chi connectivity index (χ2v) is 8.65. The fraction of sp³-hybridized carbons (Fsp3) is 0.333. The molecule has 0 aliphatic carbocycles. The number of sulfonamides is 1. The molecule has 3 rings (SSSR count). The van der Waals surface area contributed by atoms with Gasteiger partial charge in [-0.05, 0) is 17.5 Å². The second kappa shape index (κ2) is 9.12. The molecule has 0 amide bonds. The predicted molar refractivity (Wildman–Crippen MR) is 107 cm³/mol. The van der Waals surface area contributed by atoms with Crippen molar-refractivity contribution in [1.29, 1.82) is 0 Å². The van der Waals surface area contributed by atoms with Gasteiger partial charge in [0, 0.05) is 32.7 Å².